The fourth-order valence-electron chi connectivity index (χ4n) is 4.58. The van der Waals surface area contributed by atoms with Crippen molar-refractivity contribution in [3.8, 4) is 11.5 Å². The van der Waals surface area contributed by atoms with Crippen molar-refractivity contribution in [3.63, 3.8) is 0 Å². The molecular formula is C26H39N5O6. The molecule has 1 atom stereocenters. The molecule has 3 rings (SSSR count). The summed E-state index contributed by atoms with van der Waals surface area (Å²) >= 11 is 0. The SMILES string of the molecule is CCOC(=O)C1=C(CN2CCCN(C(=O)NC(C)C)CC2)N(C)C(=O)N[C@@H]1c1cc(OC)ccc1OC. The maximum atomic E-state index is 13.3. The minimum Gasteiger partial charge on any atom is -0.497 e. The van der Waals surface area contributed by atoms with E-state index in [9.17, 15) is 14.4 Å². The molecule has 11 nitrogen and oxygen atoms in total. The Morgan fingerprint density at radius 3 is 2.54 bits per heavy atom. The van der Waals surface area contributed by atoms with Crippen molar-refractivity contribution >= 4 is 18.0 Å². The third-order valence-corrected chi connectivity index (χ3v) is 6.48. The van der Waals surface area contributed by atoms with Crippen molar-refractivity contribution in [2.45, 2.75) is 39.3 Å². The zero-order chi connectivity index (χ0) is 27.1. The van der Waals surface area contributed by atoms with Gasteiger partial charge in [0.25, 0.3) is 0 Å². The molecule has 0 bridgehead atoms. The molecule has 1 aromatic carbocycles. The molecule has 204 valence electrons. The highest BCUT2D eigenvalue weighted by Gasteiger charge is 2.39. The zero-order valence-corrected chi connectivity index (χ0v) is 22.6. The molecule has 0 saturated carbocycles. The van der Waals surface area contributed by atoms with Gasteiger partial charge in [0.2, 0.25) is 0 Å². The van der Waals surface area contributed by atoms with Gasteiger partial charge in [0.1, 0.15) is 11.5 Å². The second-order valence-corrected chi connectivity index (χ2v) is 9.35. The lowest BCUT2D eigenvalue weighted by Gasteiger charge is -2.37. The van der Waals surface area contributed by atoms with E-state index in [-0.39, 0.29) is 24.7 Å². The largest absolute Gasteiger partial charge is 0.497 e. The van der Waals surface area contributed by atoms with Crippen molar-refractivity contribution in [1.82, 2.24) is 25.3 Å². The normalized spacial score (nSPS) is 18.9. The van der Waals surface area contributed by atoms with Gasteiger partial charge in [-0.3, -0.25) is 9.80 Å². The Morgan fingerprint density at radius 2 is 1.89 bits per heavy atom. The third kappa shape index (κ3) is 6.65. The number of hydrogen-bond donors (Lipinski definition) is 2. The molecule has 11 heteroatoms. The molecule has 1 aromatic rings. The lowest BCUT2D eigenvalue weighted by atomic mass is 9.93. The van der Waals surface area contributed by atoms with Crippen LogP contribution >= 0.6 is 0 Å². The number of carbonyl (C=O) groups excluding carboxylic acids is 3. The lowest BCUT2D eigenvalue weighted by molar-refractivity contribution is -0.139. The van der Waals surface area contributed by atoms with E-state index in [2.05, 4.69) is 15.5 Å². The predicted octanol–water partition coefficient (Wildman–Crippen LogP) is 2.34. The molecule has 1 fully saturated rings. The number of hydrogen-bond acceptors (Lipinski definition) is 7. The molecule has 0 radical (unpaired) electrons. The van der Waals surface area contributed by atoms with Crippen LogP contribution < -0.4 is 20.1 Å². The van der Waals surface area contributed by atoms with Crippen LogP contribution in [0.4, 0.5) is 9.59 Å². The number of ether oxygens (including phenoxy) is 3. The summed E-state index contributed by atoms with van der Waals surface area (Å²) < 4.78 is 16.4. The van der Waals surface area contributed by atoms with Crippen molar-refractivity contribution in [1.29, 1.82) is 0 Å². The molecule has 0 aromatic heterocycles. The summed E-state index contributed by atoms with van der Waals surface area (Å²) in [5.41, 5.74) is 1.49. The fraction of sp³-hybridized carbons (Fsp3) is 0.577. The number of carbonyl (C=O) groups is 3. The molecular weight excluding hydrogens is 478 g/mol. The molecule has 2 N–H and O–H groups in total. The summed E-state index contributed by atoms with van der Waals surface area (Å²) in [7, 11) is 4.73. The fourth-order valence-corrected chi connectivity index (χ4v) is 4.58. The van der Waals surface area contributed by atoms with Crippen LogP contribution in [0.25, 0.3) is 0 Å². The average Bonchev–Trinajstić information content (AvgIpc) is 3.11. The van der Waals surface area contributed by atoms with E-state index in [4.69, 9.17) is 14.2 Å². The monoisotopic (exact) mass is 517 g/mol. The average molecular weight is 518 g/mol. The van der Waals surface area contributed by atoms with Gasteiger partial charge in [-0.2, -0.15) is 0 Å². The molecule has 0 aliphatic carbocycles. The zero-order valence-electron chi connectivity index (χ0n) is 22.6. The van der Waals surface area contributed by atoms with Gasteiger partial charge in [0.15, 0.2) is 0 Å². The quantitative estimate of drug-likeness (QED) is 0.509. The van der Waals surface area contributed by atoms with Gasteiger partial charge in [-0.1, -0.05) is 0 Å². The minimum absolute atomic E-state index is 0.0593. The second-order valence-electron chi connectivity index (χ2n) is 9.35. The molecule has 1 saturated heterocycles. The Kier molecular flexibility index (Phi) is 9.62. The number of methoxy groups -OCH3 is 2. The molecule has 37 heavy (non-hydrogen) atoms. The summed E-state index contributed by atoms with van der Waals surface area (Å²) in [5, 5.41) is 5.87. The first-order valence-electron chi connectivity index (χ1n) is 12.6. The van der Waals surface area contributed by atoms with Crippen LogP contribution in [-0.4, -0.2) is 99.4 Å². The Bertz CT molecular complexity index is 1030. The summed E-state index contributed by atoms with van der Waals surface area (Å²) in [5.74, 6) is 0.575. The number of amides is 4. The van der Waals surface area contributed by atoms with Gasteiger partial charge in [0, 0.05) is 57.1 Å². The highest BCUT2D eigenvalue weighted by Crippen LogP contribution is 2.37. The van der Waals surface area contributed by atoms with Crippen molar-refractivity contribution in [3.05, 3.63) is 35.0 Å². The number of urea groups is 2. The number of esters is 1. The van der Waals surface area contributed by atoms with Crippen molar-refractivity contribution < 1.29 is 28.6 Å². The van der Waals surface area contributed by atoms with E-state index in [1.54, 1.807) is 39.3 Å². The van der Waals surface area contributed by atoms with Gasteiger partial charge < -0.3 is 29.7 Å². The molecule has 2 aliphatic rings. The van der Waals surface area contributed by atoms with Crippen LogP contribution in [-0.2, 0) is 9.53 Å². The summed E-state index contributed by atoms with van der Waals surface area (Å²) in [4.78, 5) is 44.4. The maximum absolute atomic E-state index is 13.3. The smallest absolute Gasteiger partial charge is 0.338 e. The van der Waals surface area contributed by atoms with Gasteiger partial charge in [-0.15, -0.1) is 0 Å². The van der Waals surface area contributed by atoms with Crippen LogP contribution in [0.3, 0.4) is 0 Å². The van der Waals surface area contributed by atoms with Crippen LogP contribution in [0.2, 0.25) is 0 Å². The van der Waals surface area contributed by atoms with E-state index in [1.807, 2.05) is 18.7 Å². The van der Waals surface area contributed by atoms with E-state index in [0.717, 1.165) is 6.42 Å². The Balaban J connectivity index is 1.98. The molecule has 2 aliphatic heterocycles. The summed E-state index contributed by atoms with van der Waals surface area (Å²) in [6, 6.07) is 4.10. The van der Waals surface area contributed by atoms with E-state index in [1.165, 1.54) is 12.0 Å². The molecule has 4 amide bonds. The number of rotatable bonds is 8. The number of nitrogens with zero attached hydrogens (tertiary/aromatic N) is 3. The van der Waals surface area contributed by atoms with Crippen molar-refractivity contribution in [2.24, 2.45) is 0 Å². The van der Waals surface area contributed by atoms with Crippen molar-refractivity contribution in [2.75, 3.05) is 60.6 Å². The van der Waals surface area contributed by atoms with Crippen LogP contribution in [0.1, 0.15) is 38.8 Å². The first-order valence-corrected chi connectivity index (χ1v) is 12.6. The first kappa shape index (κ1) is 28.1. The Labute approximate surface area is 218 Å². The minimum atomic E-state index is -0.789. The van der Waals surface area contributed by atoms with Gasteiger partial charge in [-0.05, 0) is 45.4 Å². The Hall–Kier alpha value is -3.47. The molecule has 2 heterocycles. The number of benzene rings is 1. The van der Waals surface area contributed by atoms with E-state index >= 15 is 0 Å². The van der Waals surface area contributed by atoms with Crippen LogP contribution in [0.15, 0.2) is 29.5 Å². The van der Waals surface area contributed by atoms with Gasteiger partial charge >= 0.3 is 18.0 Å². The third-order valence-electron chi connectivity index (χ3n) is 6.48. The highest BCUT2D eigenvalue weighted by molar-refractivity contribution is 5.95. The second kappa shape index (κ2) is 12.7. The number of likely N-dealkylation sites (N-methyl/N-ethyl adjacent to an activating group) is 1. The molecule has 0 spiro atoms. The lowest BCUT2D eigenvalue weighted by Crippen LogP contribution is -2.49. The number of nitrogens with one attached hydrogen (secondary N) is 2. The Morgan fingerprint density at radius 1 is 1.14 bits per heavy atom. The topological polar surface area (TPSA) is 113 Å². The van der Waals surface area contributed by atoms with E-state index in [0.29, 0.717) is 61.1 Å². The van der Waals surface area contributed by atoms with E-state index < -0.39 is 12.0 Å². The maximum Gasteiger partial charge on any atom is 0.338 e. The summed E-state index contributed by atoms with van der Waals surface area (Å²) in [6.07, 6.45) is 0.774. The van der Waals surface area contributed by atoms with Crippen LogP contribution in [0, 0.1) is 0 Å². The first-order chi connectivity index (χ1) is 17.7. The predicted molar refractivity (Wildman–Crippen MR) is 139 cm³/mol. The van der Waals surface area contributed by atoms with Gasteiger partial charge in [0.05, 0.1) is 32.4 Å². The van der Waals surface area contributed by atoms with Crippen LogP contribution in [0.5, 0.6) is 11.5 Å². The standard InChI is InChI=1S/C26H39N5O6/c1-7-37-24(32)22-20(16-30-11-8-12-31(14-13-30)26(34)27-17(2)3)29(4)25(33)28-23(22)19-15-18(35-5)9-10-21(19)36-6/h9-10,15,17,23H,7-8,11-14,16H2,1-6H3,(H,27,34)(H,28,33)/t23-/m1/s1. The summed E-state index contributed by atoms with van der Waals surface area (Å²) in [6.45, 7) is 8.66. The molecule has 0 unspecified atom stereocenters. The van der Waals surface area contributed by atoms with Gasteiger partial charge in [-0.25, -0.2) is 14.4 Å². The highest BCUT2D eigenvalue weighted by atomic mass is 16.5.